The number of carbonyl (C=O) groups excluding carboxylic acids is 2. The number of nitrogens with one attached hydrogen (secondary N) is 1. The number of hydrogen-bond acceptors (Lipinski definition) is 7. The summed E-state index contributed by atoms with van der Waals surface area (Å²) in [6, 6.07) is 12.5. The molecular formula is C27H34N2O6. The van der Waals surface area contributed by atoms with Crippen molar-refractivity contribution in [3.05, 3.63) is 48.0 Å². The van der Waals surface area contributed by atoms with E-state index in [1.54, 1.807) is 14.2 Å². The Morgan fingerprint density at radius 3 is 2.23 bits per heavy atom. The number of hydrogen-bond donors (Lipinski definition) is 1. The second-order valence-electron chi connectivity index (χ2n) is 8.75. The minimum Gasteiger partial charge on any atom is -0.496 e. The second kappa shape index (κ2) is 11.7. The van der Waals surface area contributed by atoms with Crippen LogP contribution in [-0.4, -0.2) is 52.1 Å². The molecule has 1 saturated carbocycles. The number of amides is 1. The molecular weight excluding hydrogens is 448 g/mol. The molecule has 188 valence electrons. The van der Waals surface area contributed by atoms with Crippen molar-refractivity contribution < 1.29 is 28.6 Å². The zero-order chi connectivity index (χ0) is 25.4. The maximum Gasteiger partial charge on any atom is 0.328 e. The largest absolute Gasteiger partial charge is 0.496 e. The molecule has 0 aliphatic heterocycles. The Bertz CT molecular complexity index is 1040. The van der Waals surface area contributed by atoms with E-state index in [1.807, 2.05) is 49.4 Å². The average molecular weight is 483 g/mol. The lowest BCUT2D eigenvalue weighted by molar-refractivity contribution is -0.146. The van der Waals surface area contributed by atoms with Crippen molar-refractivity contribution in [3.63, 3.8) is 0 Å². The van der Waals surface area contributed by atoms with Gasteiger partial charge in [-0.25, -0.2) is 4.79 Å². The number of nitrogens with zero attached hydrogens (tertiary/aromatic N) is 1. The predicted octanol–water partition coefficient (Wildman–Crippen LogP) is 4.15. The van der Waals surface area contributed by atoms with Gasteiger partial charge in [0.1, 0.15) is 24.7 Å². The minimum absolute atomic E-state index is 0.251. The van der Waals surface area contributed by atoms with E-state index in [0.717, 1.165) is 29.5 Å². The quantitative estimate of drug-likeness (QED) is 0.426. The van der Waals surface area contributed by atoms with Crippen LogP contribution in [-0.2, 0) is 25.6 Å². The van der Waals surface area contributed by atoms with Gasteiger partial charge in [-0.3, -0.25) is 4.79 Å². The first kappa shape index (κ1) is 26.1. The molecule has 0 heterocycles. The van der Waals surface area contributed by atoms with E-state index in [4.69, 9.17) is 19.0 Å². The van der Waals surface area contributed by atoms with Crippen LogP contribution in [0.2, 0.25) is 0 Å². The summed E-state index contributed by atoms with van der Waals surface area (Å²) in [5.74, 6) is 0.648. The maximum absolute atomic E-state index is 13.3. The number of ether oxygens (including phenoxy) is 3. The molecule has 2 atom stereocenters. The molecule has 1 aliphatic rings. The van der Waals surface area contributed by atoms with Gasteiger partial charge in [0.05, 0.1) is 38.0 Å². The Morgan fingerprint density at radius 2 is 1.66 bits per heavy atom. The first-order valence-electron chi connectivity index (χ1n) is 11.7. The lowest BCUT2D eigenvalue weighted by Crippen LogP contribution is -2.52. The summed E-state index contributed by atoms with van der Waals surface area (Å²) in [5.41, 5.74) is 2.50. The third-order valence-electron chi connectivity index (χ3n) is 6.58. The third-order valence-corrected chi connectivity index (χ3v) is 6.58. The molecule has 1 amide bonds. The zero-order valence-electron chi connectivity index (χ0n) is 21.1. The normalized spacial score (nSPS) is 19.5. The van der Waals surface area contributed by atoms with E-state index in [1.165, 1.54) is 14.2 Å². The van der Waals surface area contributed by atoms with Crippen LogP contribution < -0.4 is 14.8 Å². The van der Waals surface area contributed by atoms with Gasteiger partial charge in [-0.1, -0.05) is 41.9 Å². The van der Waals surface area contributed by atoms with Gasteiger partial charge in [0.15, 0.2) is 0 Å². The highest BCUT2D eigenvalue weighted by atomic mass is 16.6. The maximum atomic E-state index is 13.3. The molecule has 8 nitrogen and oxygen atoms in total. The molecule has 2 aromatic rings. The molecule has 3 rings (SSSR count). The van der Waals surface area contributed by atoms with Crippen LogP contribution in [0.3, 0.4) is 0 Å². The topological polar surface area (TPSA) is 95.5 Å². The van der Waals surface area contributed by atoms with Crippen molar-refractivity contribution in [2.24, 2.45) is 10.6 Å². The number of methoxy groups -OCH3 is 3. The van der Waals surface area contributed by atoms with Gasteiger partial charge in [-0.2, -0.15) is 0 Å². The molecule has 1 unspecified atom stereocenters. The lowest BCUT2D eigenvalue weighted by Gasteiger charge is -2.34. The first-order chi connectivity index (χ1) is 16.9. The Balaban J connectivity index is 1.82. The van der Waals surface area contributed by atoms with E-state index in [0.29, 0.717) is 30.1 Å². The van der Waals surface area contributed by atoms with Crippen LogP contribution in [0.4, 0.5) is 0 Å². The van der Waals surface area contributed by atoms with Crippen LogP contribution >= 0.6 is 0 Å². The van der Waals surface area contributed by atoms with E-state index in [-0.39, 0.29) is 12.3 Å². The Labute approximate surface area is 206 Å². The van der Waals surface area contributed by atoms with Crippen molar-refractivity contribution in [3.8, 4) is 22.6 Å². The Kier molecular flexibility index (Phi) is 8.73. The molecule has 0 bridgehead atoms. The van der Waals surface area contributed by atoms with Crippen LogP contribution in [0, 0.1) is 5.41 Å². The number of rotatable bonds is 9. The summed E-state index contributed by atoms with van der Waals surface area (Å²) in [6.07, 6.45) is 3.48. The van der Waals surface area contributed by atoms with Crippen LogP contribution in [0.25, 0.3) is 11.1 Å². The average Bonchev–Trinajstić information content (AvgIpc) is 2.89. The summed E-state index contributed by atoms with van der Waals surface area (Å²) in [6.45, 7) is 1.85. The summed E-state index contributed by atoms with van der Waals surface area (Å²) >= 11 is 0. The lowest BCUT2D eigenvalue weighted by atomic mass is 9.73. The Hall–Kier alpha value is -3.55. The summed E-state index contributed by atoms with van der Waals surface area (Å²) in [4.78, 5) is 30.9. The predicted molar refractivity (Wildman–Crippen MR) is 134 cm³/mol. The highest BCUT2D eigenvalue weighted by Gasteiger charge is 2.42. The van der Waals surface area contributed by atoms with E-state index < -0.39 is 17.4 Å². The molecule has 0 saturated heterocycles. The van der Waals surface area contributed by atoms with Gasteiger partial charge in [0.2, 0.25) is 5.91 Å². The zero-order valence-corrected chi connectivity index (χ0v) is 21.1. The summed E-state index contributed by atoms with van der Waals surface area (Å²) < 4.78 is 16.0. The van der Waals surface area contributed by atoms with Crippen LogP contribution in [0.5, 0.6) is 11.5 Å². The van der Waals surface area contributed by atoms with Crippen molar-refractivity contribution in [2.45, 2.75) is 45.1 Å². The fourth-order valence-electron chi connectivity index (χ4n) is 4.52. The SMILES string of the molecule is CON=C1CCCCC1(C)C(=O)N[C@@H](Cc1ccc(-c2c(OC)cccc2OC)cc1)C(=O)OC. The molecule has 35 heavy (non-hydrogen) atoms. The fraction of sp³-hybridized carbons (Fsp3) is 0.444. The third kappa shape index (κ3) is 5.75. The van der Waals surface area contributed by atoms with E-state index >= 15 is 0 Å². The standard InChI is InChI=1S/C27H34N2O6/c1-27(16-7-6-11-23(27)29-35-5)26(31)28-20(25(30)34-4)17-18-12-14-19(15-13-18)24-21(32-2)9-8-10-22(24)33-3/h8-10,12-15,20H,6-7,11,16-17H2,1-5H3,(H,28,31)/t20-,27?/m0/s1. The molecule has 0 radical (unpaired) electrons. The molecule has 1 fully saturated rings. The smallest absolute Gasteiger partial charge is 0.328 e. The van der Waals surface area contributed by atoms with E-state index in [2.05, 4.69) is 10.5 Å². The number of carbonyl (C=O) groups is 2. The summed E-state index contributed by atoms with van der Waals surface area (Å²) in [5, 5.41) is 7.01. The fourth-order valence-corrected chi connectivity index (χ4v) is 4.52. The van der Waals surface area contributed by atoms with Crippen molar-refractivity contribution >= 4 is 17.6 Å². The van der Waals surface area contributed by atoms with Crippen LogP contribution in [0.1, 0.15) is 38.2 Å². The van der Waals surface area contributed by atoms with Gasteiger partial charge in [-0.05, 0) is 49.4 Å². The van der Waals surface area contributed by atoms with Crippen molar-refractivity contribution in [2.75, 3.05) is 28.4 Å². The monoisotopic (exact) mass is 482 g/mol. The van der Waals surface area contributed by atoms with Gasteiger partial charge in [-0.15, -0.1) is 0 Å². The highest BCUT2D eigenvalue weighted by molar-refractivity contribution is 6.09. The second-order valence-corrected chi connectivity index (χ2v) is 8.75. The summed E-state index contributed by atoms with van der Waals surface area (Å²) in [7, 11) is 6.03. The van der Waals surface area contributed by atoms with Gasteiger partial charge < -0.3 is 24.4 Å². The van der Waals surface area contributed by atoms with Crippen LogP contribution in [0.15, 0.2) is 47.6 Å². The number of benzene rings is 2. The molecule has 0 aromatic heterocycles. The minimum atomic E-state index is -0.832. The number of esters is 1. The van der Waals surface area contributed by atoms with Gasteiger partial charge in [0.25, 0.3) is 0 Å². The van der Waals surface area contributed by atoms with Gasteiger partial charge >= 0.3 is 5.97 Å². The molecule has 1 N–H and O–H groups in total. The molecule has 2 aromatic carbocycles. The number of oxime groups is 1. The van der Waals surface area contributed by atoms with E-state index in [9.17, 15) is 9.59 Å². The molecule has 0 spiro atoms. The highest BCUT2D eigenvalue weighted by Crippen LogP contribution is 2.38. The Morgan fingerprint density at radius 1 is 1.00 bits per heavy atom. The van der Waals surface area contributed by atoms with Crippen molar-refractivity contribution in [1.29, 1.82) is 0 Å². The van der Waals surface area contributed by atoms with Gasteiger partial charge in [0, 0.05) is 6.42 Å². The molecule has 1 aliphatic carbocycles. The first-order valence-corrected chi connectivity index (χ1v) is 11.7. The van der Waals surface area contributed by atoms with Crippen molar-refractivity contribution in [1.82, 2.24) is 5.32 Å². The molecule has 8 heteroatoms.